The van der Waals surface area contributed by atoms with Crippen LogP contribution < -0.4 is 5.73 Å². The van der Waals surface area contributed by atoms with Gasteiger partial charge in [-0.25, -0.2) is 4.98 Å². The number of hydrogen-bond acceptors (Lipinski definition) is 2. The van der Waals surface area contributed by atoms with E-state index in [9.17, 15) is 0 Å². The van der Waals surface area contributed by atoms with Crippen LogP contribution in [0.2, 0.25) is 10.0 Å². The quantitative estimate of drug-likeness (QED) is 0.849. The zero-order valence-corrected chi connectivity index (χ0v) is 10.3. The fourth-order valence-electron chi connectivity index (χ4n) is 2.06. The van der Waals surface area contributed by atoms with Gasteiger partial charge in [0.1, 0.15) is 0 Å². The molecule has 84 valence electrons. The molecular weight excluding hydrogens is 245 g/mol. The molecule has 0 bridgehead atoms. The molecule has 3 nitrogen and oxygen atoms in total. The number of nitrogen functional groups attached to an aromatic ring is 1. The fourth-order valence-corrected chi connectivity index (χ4v) is 2.38. The minimum Gasteiger partial charge on any atom is -0.369 e. The maximum absolute atomic E-state index is 6.03. The molecule has 1 aromatic carbocycles. The molecular formula is C11H11Cl2N3. The zero-order chi connectivity index (χ0) is 11.5. The van der Waals surface area contributed by atoms with E-state index in [4.69, 9.17) is 28.9 Å². The molecule has 2 N–H and O–H groups in total. The van der Waals surface area contributed by atoms with Gasteiger partial charge in [0.25, 0.3) is 0 Å². The minimum atomic E-state index is 0.107. The van der Waals surface area contributed by atoms with E-state index in [2.05, 4.69) is 16.5 Å². The van der Waals surface area contributed by atoms with Crippen molar-refractivity contribution in [3.8, 4) is 0 Å². The molecule has 1 fully saturated rings. The molecule has 1 aliphatic carbocycles. The van der Waals surface area contributed by atoms with Gasteiger partial charge in [-0.1, -0.05) is 23.2 Å². The van der Waals surface area contributed by atoms with Crippen LogP contribution in [0.25, 0.3) is 11.0 Å². The molecule has 3 rings (SSSR count). The van der Waals surface area contributed by atoms with Crippen molar-refractivity contribution in [1.29, 1.82) is 0 Å². The molecule has 1 heterocycles. The van der Waals surface area contributed by atoms with Crippen LogP contribution in [0.15, 0.2) is 12.1 Å². The Kier molecular flexibility index (Phi) is 1.95. The van der Waals surface area contributed by atoms with Gasteiger partial charge in [-0.15, -0.1) is 0 Å². The number of imidazole rings is 1. The fraction of sp³-hybridized carbons (Fsp3) is 0.364. The number of halogens is 2. The summed E-state index contributed by atoms with van der Waals surface area (Å²) in [6, 6.07) is 3.60. The van der Waals surface area contributed by atoms with Crippen LogP contribution in [0.5, 0.6) is 0 Å². The first kappa shape index (κ1) is 10.2. The Morgan fingerprint density at radius 3 is 2.56 bits per heavy atom. The molecule has 5 heteroatoms. The molecule has 0 radical (unpaired) electrons. The highest BCUT2D eigenvalue weighted by Gasteiger charge is 2.41. The van der Waals surface area contributed by atoms with Crippen molar-refractivity contribution >= 4 is 40.2 Å². The Balaban J connectivity index is 2.35. The summed E-state index contributed by atoms with van der Waals surface area (Å²) in [5.74, 6) is 0.535. The van der Waals surface area contributed by atoms with E-state index in [0.717, 1.165) is 23.9 Å². The number of benzene rings is 1. The van der Waals surface area contributed by atoms with Crippen LogP contribution in [0.4, 0.5) is 5.95 Å². The summed E-state index contributed by atoms with van der Waals surface area (Å²) < 4.78 is 2.06. The summed E-state index contributed by atoms with van der Waals surface area (Å²) >= 11 is 12.0. The third-order valence-corrected chi connectivity index (χ3v) is 3.96. The number of rotatable bonds is 1. The largest absolute Gasteiger partial charge is 0.369 e. The lowest BCUT2D eigenvalue weighted by molar-refractivity contribution is 0.557. The molecule has 0 atom stereocenters. The summed E-state index contributed by atoms with van der Waals surface area (Å²) in [6.45, 7) is 2.17. The molecule has 1 aliphatic rings. The van der Waals surface area contributed by atoms with Crippen molar-refractivity contribution in [2.75, 3.05) is 5.73 Å². The van der Waals surface area contributed by atoms with Gasteiger partial charge in [0.15, 0.2) is 0 Å². The Hall–Kier alpha value is -0.930. The number of fused-ring (bicyclic) bond motifs is 1. The summed E-state index contributed by atoms with van der Waals surface area (Å²) in [5.41, 5.74) is 7.82. The Morgan fingerprint density at radius 1 is 1.31 bits per heavy atom. The highest BCUT2D eigenvalue weighted by molar-refractivity contribution is 6.42. The molecule has 0 saturated heterocycles. The first-order chi connectivity index (χ1) is 7.51. The zero-order valence-electron chi connectivity index (χ0n) is 8.80. The Morgan fingerprint density at radius 2 is 1.94 bits per heavy atom. The SMILES string of the molecule is CC1(n2c(N)nc3cc(Cl)c(Cl)cc32)CC1. The minimum absolute atomic E-state index is 0.107. The number of aromatic nitrogens is 2. The Bertz CT molecular complexity index is 584. The highest BCUT2D eigenvalue weighted by atomic mass is 35.5. The third-order valence-electron chi connectivity index (χ3n) is 3.24. The van der Waals surface area contributed by atoms with E-state index in [1.54, 1.807) is 6.07 Å². The molecule has 0 aliphatic heterocycles. The van der Waals surface area contributed by atoms with Crippen LogP contribution in [0, 0.1) is 0 Å². The normalized spacial score (nSPS) is 17.9. The third kappa shape index (κ3) is 1.31. The molecule has 0 amide bonds. The maximum atomic E-state index is 6.03. The van der Waals surface area contributed by atoms with Crippen LogP contribution in [-0.4, -0.2) is 9.55 Å². The Labute approximate surface area is 103 Å². The van der Waals surface area contributed by atoms with Crippen molar-refractivity contribution in [1.82, 2.24) is 9.55 Å². The number of hydrogen-bond donors (Lipinski definition) is 1. The lowest BCUT2D eigenvalue weighted by atomic mass is 10.2. The molecule has 2 aromatic rings. The van der Waals surface area contributed by atoms with Gasteiger partial charge >= 0.3 is 0 Å². The number of anilines is 1. The van der Waals surface area contributed by atoms with Crippen molar-refractivity contribution in [3.63, 3.8) is 0 Å². The van der Waals surface area contributed by atoms with Gasteiger partial charge in [-0.05, 0) is 31.9 Å². The van der Waals surface area contributed by atoms with Crippen LogP contribution in [-0.2, 0) is 5.54 Å². The molecule has 1 saturated carbocycles. The predicted molar refractivity (Wildman–Crippen MR) is 67.0 cm³/mol. The van der Waals surface area contributed by atoms with Gasteiger partial charge in [0.2, 0.25) is 5.95 Å². The molecule has 0 spiro atoms. The highest BCUT2D eigenvalue weighted by Crippen LogP contribution is 2.46. The van der Waals surface area contributed by atoms with E-state index in [1.165, 1.54) is 0 Å². The summed E-state index contributed by atoms with van der Waals surface area (Å²) in [5, 5.41) is 1.05. The second kappa shape index (κ2) is 3.05. The van der Waals surface area contributed by atoms with Gasteiger partial charge in [-0.3, -0.25) is 0 Å². The van der Waals surface area contributed by atoms with Crippen molar-refractivity contribution in [2.24, 2.45) is 0 Å². The number of nitrogens with zero attached hydrogens (tertiary/aromatic N) is 2. The first-order valence-electron chi connectivity index (χ1n) is 5.15. The van der Waals surface area contributed by atoms with Crippen LogP contribution in [0.1, 0.15) is 19.8 Å². The van der Waals surface area contributed by atoms with Gasteiger partial charge in [-0.2, -0.15) is 0 Å². The van der Waals surface area contributed by atoms with E-state index < -0.39 is 0 Å². The second-order valence-corrected chi connectivity index (χ2v) is 5.37. The van der Waals surface area contributed by atoms with E-state index in [1.807, 2.05) is 6.07 Å². The monoisotopic (exact) mass is 255 g/mol. The molecule has 16 heavy (non-hydrogen) atoms. The smallest absolute Gasteiger partial charge is 0.201 e. The lowest BCUT2D eigenvalue weighted by Gasteiger charge is -2.13. The van der Waals surface area contributed by atoms with E-state index in [-0.39, 0.29) is 5.54 Å². The average molecular weight is 256 g/mol. The van der Waals surface area contributed by atoms with Gasteiger partial charge < -0.3 is 10.3 Å². The van der Waals surface area contributed by atoms with Gasteiger partial charge in [0.05, 0.1) is 21.1 Å². The van der Waals surface area contributed by atoms with Crippen molar-refractivity contribution in [3.05, 3.63) is 22.2 Å². The average Bonchev–Trinajstić information content (AvgIpc) is 2.84. The van der Waals surface area contributed by atoms with Crippen LogP contribution in [0.3, 0.4) is 0 Å². The summed E-state index contributed by atoms with van der Waals surface area (Å²) in [4.78, 5) is 4.32. The van der Waals surface area contributed by atoms with Crippen LogP contribution >= 0.6 is 23.2 Å². The summed E-state index contributed by atoms with van der Waals surface area (Å²) in [6.07, 6.45) is 2.26. The molecule has 1 aromatic heterocycles. The lowest BCUT2D eigenvalue weighted by Crippen LogP contribution is -2.14. The molecule has 0 unspecified atom stereocenters. The van der Waals surface area contributed by atoms with Crippen molar-refractivity contribution in [2.45, 2.75) is 25.3 Å². The first-order valence-corrected chi connectivity index (χ1v) is 5.90. The van der Waals surface area contributed by atoms with Gasteiger partial charge in [0, 0.05) is 5.54 Å². The maximum Gasteiger partial charge on any atom is 0.201 e. The number of nitrogens with two attached hydrogens (primary N) is 1. The predicted octanol–water partition coefficient (Wildman–Crippen LogP) is 3.43. The van der Waals surface area contributed by atoms with E-state index in [0.29, 0.717) is 16.0 Å². The topological polar surface area (TPSA) is 43.8 Å². The standard InChI is InChI=1S/C11H11Cl2N3/c1-11(2-3-11)16-9-5-7(13)6(12)4-8(9)15-10(16)14/h4-5H,2-3H2,1H3,(H2,14,15). The van der Waals surface area contributed by atoms with E-state index >= 15 is 0 Å². The summed E-state index contributed by atoms with van der Waals surface area (Å²) in [7, 11) is 0. The van der Waals surface area contributed by atoms with Crippen molar-refractivity contribution < 1.29 is 0 Å². The second-order valence-electron chi connectivity index (χ2n) is 4.56.